The van der Waals surface area contributed by atoms with Crippen LogP contribution in [0.3, 0.4) is 0 Å². The molecule has 2 aromatic carbocycles. The fourth-order valence-corrected chi connectivity index (χ4v) is 3.67. The number of thiol groups is 1. The Balaban J connectivity index is 2.13. The molecule has 0 fully saturated rings. The first-order chi connectivity index (χ1) is 11.8. The molecule has 0 radical (unpaired) electrons. The van der Waals surface area contributed by atoms with Crippen molar-refractivity contribution in [3.63, 3.8) is 0 Å². The highest BCUT2D eigenvalue weighted by Gasteiger charge is 2.41. The number of rotatable bonds is 4. The minimum Gasteiger partial charge on any atom is -0.451 e. The number of halogens is 1. The van der Waals surface area contributed by atoms with Crippen molar-refractivity contribution in [2.24, 2.45) is 0 Å². The van der Waals surface area contributed by atoms with Crippen molar-refractivity contribution in [1.29, 1.82) is 0 Å². The van der Waals surface area contributed by atoms with Crippen LogP contribution in [0.25, 0.3) is 11.1 Å². The van der Waals surface area contributed by atoms with Gasteiger partial charge in [-0.3, -0.25) is 0 Å². The summed E-state index contributed by atoms with van der Waals surface area (Å²) >= 11 is 5.94. The highest BCUT2D eigenvalue weighted by atomic mass is 35.5. The van der Waals surface area contributed by atoms with Crippen molar-refractivity contribution in [3.8, 4) is 0 Å². The molecule has 3 rings (SSSR count). The van der Waals surface area contributed by atoms with Crippen LogP contribution in [0.4, 0.5) is 0 Å². The van der Waals surface area contributed by atoms with Crippen molar-refractivity contribution in [1.82, 2.24) is 0 Å². The molecule has 25 heavy (non-hydrogen) atoms. The minimum atomic E-state index is -2.47. The zero-order chi connectivity index (χ0) is 18.2. The molecule has 4 nitrogen and oxygen atoms in total. The van der Waals surface area contributed by atoms with Gasteiger partial charge >= 0.3 is 5.97 Å². The fraction of sp³-hybridized carbons (Fsp3) is 0.211. The summed E-state index contributed by atoms with van der Waals surface area (Å²) in [7, 11) is -2.47. The molecule has 0 spiro atoms. The van der Waals surface area contributed by atoms with Crippen LogP contribution < -0.4 is 0 Å². The first-order valence-electron chi connectivity index (χ1n) is 7.73. The molecule has 6 heteroatoms. The first-order valence-corrected chi connectivity index (χ1v) is 9.47. The predicted molar refractivity (Wildman–Crippen MR) is 98.9 cm³/mol. The summed E-state index contributed by atoms with van der Waals surface area (Å²) in [4.78, 5) is 12.5. The second kappa shape index (κ2) is 6.65. The number of cyclic esters (lactones) is 1. The van der Waals surface area contributed by atoms with Gasteiger partial charge in [-0.15, -0.1) is 0 Å². The van der Waals surface area contributed by atoms with E-state index in [9.17, 15) is 13.2 Å². The molecule has 1 aliphatic rings. The molecule has 0 N–H and O–H groups in total. The third-order valence-electron chi connectivity index (χ3n) is 4.09. The maximum atomic E-state index is 12.5. The van der Waals surface area contributed by atoms with E-state index in [1.165, 1.54) is 0 Å². The Labute approximate surface area is 153 Å². The quantitative estimate of drug-likeness (QED) is 0.653. The van der Waals surface area contributed by atoms with Gasteiger partial charge in [-0.25, -0.2) is 13.2 Å². The minimum absolute atomic E-state index is 0.00245. The van der Waals surface area contributed by atoms with Gasteiger partial charge in [0.2, 0.25) is 0 Å². The van der Waals surface area contributed by atoms with Crippen molar-refractivity contribution in [2.45, 2.75) is 25.2 Å². The van der Waals surface area contributed by atoms with Gasteiger partial charge in [-0.2, -0.15) is 0 Å². The lowest BCUT2D eigenvalue weighted by Gasteiger charge is -2.21. The van der Waals surface area contributed by atoms with E-state index in [1.807, 2.05) is 26.0 Å². The van der Waals surface area contributed by atoms with Crippen LogP contribution in [0.5, 0.6) is 0 Å². The molecule has 0 saturated heterocycles. The van der Waals surface area contributed by atoms with Gasteiger partial charge in [0.25, 0.3) is 0 Å². The average molecular weight is 377 g/mol. The number of ether oxygens (including phenoxy) is 1. The van der Waals surface area contributed by atoms with Crippen LogP contribution in [0.2, 0.25) is 5.02 Å². The van der Waals surface area contributed by atoms with Crippen LogP contribution in [-0.4, -0.2) is 20.0 Å². The lowest BCUT2D eigenvalue weighted by atomic mass is 9.86. The Morgan fingerprint density at radius 2 is 1.52 bits per heavy atom. The van der Waals surface area contributed by atoms with Crippen LogP contribution in [0, 0.1) is 0 Å². The molecule has 0 atom stereocenters. The highest BCUT2D eigenvalue weighted by Crippen LogP contribution is 2.43. The van der Waals surface area contributed by atoms with E-state index in [0.717, 1.165) is 16.7 Å². The Morgan fingerprint density at radius 1 is 0.960 bits per heavy atom. The number of esters is 1. The third-order valence-corrected chi connectivity index (χ3v) is 4.97. The van der Waals surface area contributed by atoms with E-state index in [-0.39, 0.29) is 11.7 Å². The van der Waals surface area contributed by atoms with Gasteiger partial charge in [0.05, 0.1) is 11.3 Å². The van der Waals surface area contributed by atoms with Crippen molar-refractivity contribution >= 4 is 39.4 Å². The molecule has 0 unspecified atom stereocenters. The van der Waals surface area contributed by atoms with Crippen LogP contribution in [0.15, 0.2) is 48.5 Å². The van der Waals surface area contributed by atoms with E-state index in [4.69, 9.17) is 16.3 Å². The molecular formula is C19H17ClO4S. The summed E-state index contributed by atoms with van der Waals surface area (Å²) in [6, 6.07) is 14.2. The zero-order valence-electron chi connectivity index (χ0n) is 13.8. The standard InChI is InChI=1S/C19H17ClO4S/c1-19(2)17(14-5-3-12(4-6-14)11-25(22)23)16(18(21)24-19)13-7-9-15(20)10-8-13/h3-10,25H,11H2,1-2H3. The number of carbonyl (C=O) groups excluding carboxylic acids is 1. The average Bonchev–Trinajstić information content (AvgIpc) is 2.77. The molecule has 130 valence electrons. The van der Waals surface area contributed by atoms with Crippen molar-refractivity contribution in [2.75, 3.05) is 0 Å². The number of carbonyl (C=O) groups is 1. The van der Waals surface area contributed by atoms with Crippen molar-refractivity contribution < 1.29 is 17.9 Å². The van der Waals surface area contributed by atoms with Crippen molar-refractivity contribution in [3.05, 3.63) is 70.2 Å². The van der Waals surface area contributed by atoms with Crippen LogP contribution in [0.1, 0.15) is 30.5 Å². The van der Waals surface area contributed by atoms with E-state index in [1.54, 1.807) is 36.4 Å². The molecule has 2 aromatic rings. The molecule has 0 bridgehead atoms. The fourth-order valence-electron chi connectivity index (χ4n) is 3.03. The number of hydrogen-bond donors (Lipinski definition) is 1. The van der Waals surface area contributed by atoms with E-state index < -0.39 is 16.3 Å². The monoisotopic (exact) mass is 376 g/mol. The zero-order valence-corrected chi connectivity index (χ0v) is 15.4. The summed E-state index contributed by atoms with van der Waals surface area (Å²) < 4.78 is 27.3. The molecule has 1 heterocycles. The molecular weight excluding hydrogens is 360 g/mol. The molecule has 0 saturated carbocycles. The molecule has 0 aliphatic carbocycles. The number of hydrogen-bond acceptors (Lipinski definition) is 4. The molecule has 1 aliphatic heterocycles. The van der Waals surface area contributed by atoms with Gasteiger partial charge in [0.15, 0.2) is 0 Å². The normalized spacial score (nSPS) is 16.4. The Morgan fingerprint density at radius 3 is 2.08 bits per heavy atom. The summed E-state index contributed by atoms with van der Waals surface area (Å²) in [5.74, 6) is -0.383. The van der Waals surface area contributed by atoms with Gasteiger partial charge < -0.3 is 4.74 Å². The topological polar surface area (TPSA) is 60.4 Å². The third kappa shape index (κ3) is 3.62. The SMILES string of the molecule is CC1(C)OC(=O)C(c2ccc(Cl)cc2)=C1c1ccc(C[SH](=O)=O)cc1. The maximum absolute atomic E-state index is 12.5. The second-order valence-electron chi connectivity index (χ2n) is 6.34. The summed E-state index contributed by atoms with van der Waals surface area (Å²) in [6.07, 6.45) is 0. The Bertz CT molecular complexity index is 915. The Hall–Kier alpha value is -2.11. The van der Waals surface area contributed by atoms with Gasteiger partial charge in [0, 0.05) is 10.6 Å². The highest BCUT2D eigenvalue weighted by molar-refractivity contribution is 7.71. The largest absolute Gasteiger partial charge is 0.451 e. The van der Waals surface area contributed by atoms with E-state index in [2.05, 4.69) is 0 Å². The van der Waals surface area contributed by atoms with Crippen LogP contribution in [-0.2, 0) is 26.0 Å². The summed E-state index contributed by atoms with van der Waals surface area (Å²) in [5, 5.41) is 0.590. The van der Waals surface area contributed by atoms with Gasteiger partial charge in [-0.05, 0) is 42.7 Å². The summed E-state index contributed by atoms with van der Waals surface area (Å²) in [6.45, 7) is 3.68. The van der Waals surface area contributed by atoms with Gasteiger partial charge in [-0.1, -0.05) is 48.0 Å². The molecule has 0 aromatic heterocycles. The first kappa shape index (κ1) is 17.7. The Kier molecular flexibility index (Phi) is 4.71. The smallest absolute Gasteiger partial charge is 0.340 e. The lowest BCUT2D eigenvalue weighted by Crippen LogP contribution is -2.22. The predicted octanol–water partition coefficient (Wildman–Crippen LogP) is 3.70. The maximum Gasteiger partial charge on any atom is 0.340 e. The van der Waals surface area contributed by atoms with Gasteiger partial charge in [0.1, 0.15) is 16.3 Å². The number of benzene rings is 2. The lowest BCUT2D eigenvalue weighted by molar-refractivity contribution is -0.141. The van der Waals surface area contributed by atoms with E-state index >= 15 is 0 Å². The second-order valence-corrected chi connectivity index (χ2v) is 7.76. The molecule has 0 amide bonds. The summed E-state index contributed by atoms with van der Waals surface area (Å²) in [5.41, 5.74) is 2.77. The van der Waals surface area contributed by atoms with Crippen LogP contribution >= 0.6 is 11.6 Å². The van der Waals surface area contributed by atoms with E-state index in [0.29, 0.717) is 16.2 Å².